The molecule has 47 heavy (non-hydrogen) atoms. The number of non-ortho nitro benzene ring substituents is 1. The Kier molecular flexibility index (Phi) is 14.8. The van der Waals surface area contributed by atoms with Crippen molar-refractivity contribution in [3.63, 3.8) is 0 Å². The molecule has 0 heterocycles. The molecule has 15 nitrogen and oxygen atoms in total. The van der Waals surface area contributed by atoms with Crippen LogP contribution in [0.4, 0.5) is 16.2 Å². The Morgan fingerprint density at radius 3 is 2.17 bits per heavy atom. The van der Waals surface area contributed by atoms with Gasteiger partial charge in [-0.25, -0.2) is 4.79 Å². The lowest BCUT2D eigenvalue weighted by molar-refractivity contribution is -0.386. The molecule has 0 bridgehead atoms. The number of amides is 1. The summed E-state index contributed by atoms with van der Waals surface area (Å²) in [6.07, 6.45) is 0.520. The summed E-state index contributed by atoms with van der Waals surface area (Å²) in [4.78, 5) is 46.0. The third-order valence-corrected chi connectivity index (χ3v) is 7.30. The molecule has 0 aromatic heterocycles. The van der Waals surface area contributed by atoms with Gasteiger partial charge in [-0.15, -0.1) is 0 Å². The Balaban J connectivity index is 1.85. The van der Waals surface area contributed by atoms with Gasteiger partial charge in [0.15, 0.2) is 11.5 Å². The van der Waals surface area contributed by atoms with E-state index in [2.05, 4.69) is 5.32 Å². The van der Waals surface area contributed by atoms with Crippen molar-refractivity contribution in [2.75, 3.05) is 34.0 Å². The molecule has 1 atom stereocenters. The number of carbonyl (C=O) groups excluding carboxylic acids is 2. The average Bonchev–Trinajstić information content (AvgIpc) is 3.01. The zero-order valence-electron chi connectivity index (χ0n) is 28.0. The molecule has 2 aromatic carbocycles. The number of carbonyl (C=O) groups is 2. The first-order chi connectivity index (χ1) is 22.1. The van der Waals surface area contributed by atoms with Crippen molar-refractivity contribution in [1.82, 2.24) is 5.32 Å². The first-order valence-corrected chi connectivity index (χ1v) is 15.2. The quantitative estimate of drug-likeness (QED) is 0.0536. The zero-order chi connectivity index (χ0) is 35.2. The Morgan fingerprint density at radius 1 is 0.894 bits per heavy atom. The number of rotatable bonds is 20. The first-order valence-electron chi connectivity index (χ1n) is 15.2. The number of nitrogens with one attached hydrogen (secondary N) is 1. The molecule has 0 saturated heterocycles. The van der Waals surface area contributed by atoms with Gasteiger partial charge < -0.3 is 33.7 Å². The molecule has 0 radical (unpaired) electrons. The molecule has 0 fully saturated rings. The zero-order valence-corrected chi connectivity index (χ0v) is 28.0. The number of methoxy groups -OCH3 is 2. The predicted molar refractivity (Wildman–Crippen MR) is 171 cm³/mol. The third kappa shape index (κ3) is 13.4. The van der Waals surface area contributed by atoms with Gasteiger partial charge in [-0.05, 0) is 78.5 Å². The molecule has 1 amide bonds. The lowest BCUT2D eigenvalue weighted by atomic mass is 10.0. The summed E-state index contributed by atoms with van der Waals surface area (Å²) in [5.41, 5.74) is -1.14. The Bertz CT molecular complexity index is 1360. The van der Waals surface area contributed by atoms with Gasteiger partial charge >= 0.3 is 6.16 Å². The standard InChI is InChI=1S/C32H45N3O12/c1-22(46-30(37)47-24-13-11-23(12-14-24)34(38)39)25-20-27(42-6)28(21-26(25)35(40)41)44-18-8-10-29(36)33-17-9-15-32(4,5)45-19-16-31(2,3)43-7/h11-14,20-22H,8-10,15-19H2,1-7H3,(H,33,36). The molecule has 0 aliphatic rings. The molecule has 0 spiro atoms. The van der Waals surface area contributed by atoms with E-state index in [1.165, 1.54) is 32.2 Å². The highest BCUT2D eigenvalue weighted by Crippen LogP contribution is 2.38. The van der Waals surface area contributed by atoms with Gasteiger partial charge in [0.05, 0.1) is 53.0 Å². The van der Waals surface area contributed by atoms with E-state index in [-0.39, 0.29) is 64.3 Å². The monoisotopic (exact) mass is 663 g/mol. The van der Waals surface area contributed by atoms with Gasteiger partial charge in [0.1, 0.15) is 11.9 Å². The van der Waals surface area contributed by atoms with Crippen molar-refractivity contribution in [3.8, 4) is 17.2 Å². The fraction of sp³-hybridized carbons (Fsp3) is 0.562. The maximum Gasteiger partial charge on any atom is 0.514 e. The minimum Gasteiger partial charge on any atom is -0.493 e. The van der Waals surface area contributed by atoms with E-state index < -0.39 is 22.1 Å². The van der Waals surface area contributed by atoms with Crippen molar-refractivity contribution >= 4 is 23.4 Å². The molecule has 1 N–H and O–H groups in total. The summed E-state index contributed by atoms with van der Waals surface area (Å²) in [5.74, 6) is 0.0866. The molecular weight excluding hydrogens is 618 g/mol. The van der Waals surface area contributed by atoms with Crippen molar-refractivity contribution in [2.45, 2.75) is 84.0 Å². The Hall–Kier alpha value is -4.50. The van der Waals surface area contributed by atoms with Crippen LogP contribution in [0.25, 0.3) is 0 Å². The van der Waals surface area contributed by atoms with E-state index in [4.69, 9.17) is 28.4 Å². The van der Waals surface area contributed by atoms with Gasteiger partial charge in [0.2, 0.25) is 5.91 Å². The molecule has 0 saturated carbocycles. The summed E-state index contributed by atoms with van der Waals surface area (Å²) < 4.78 is 32.7. The van der Waals surface area contributed by atoms with Gasteiger partial charge in [-0.2, -0.15) is 0 Å². The molecule has 2 aromatic rings. The van der Waals surface area contributed by atoms with Crippen LogP contribution in [0.15, 0.2) is 36.4 Å². The minimum absolute atomic E-state index is 0.00969. The lowest BCUT2D eigenvalue weighted by Gasteiger charge is -2.29. The SMILES string of the molecule is COc1cc(C(C)OC(=O)Oc2ccc([N+](=O)[O-])cc2)c([N+](=O)[O-])cc1OCCCC(=O)NCCCC(C)(C)OCCC(C)(C)OC. The van der Waals surface area contributed by atoms with Crippen LogP contribution >= 0.6 is 0 Å². The maximum atomic E-state index is 12.3. The lowest BCUT2D eigenvalue weighted by Crippen LogP contribution is -2.31. The van der Waals surface area contributed by atoms with E-state index in [0.29, 0.717) is 19.6 Å². The number of nitro groups is 2. The largest absolute Gasteiger partial charge is 0.514 e. The highest BCUT2D eigenvalue weighted by molar-refractivity contribution is 5.75. The van der Waals surface area contributed by atoms with Crippen molar-refractivity contribution in [2.24, 2.45) is 0 Å². The summed E-state index contributed by atoms with van der Waals surface area (Å²) in [6.45, 7) is 10.6. The fourth-order valence-corrected chi connectivity index (χ4v) is 4.28. The van der Waals surface area contributed by atoms with E-state index in [0.717, 1.165) is 37.5 Å². The average molecular weight is 664 g/mol. The summed E-state index contributed by atoms with van der Waals surface area (Å²) in [6, 6.07) is 7.23. The minimum atomic E-state index is -1.17. The van der Waals surface area contributed by atoms with E-state index in [1.54, 1.807) is 7.11 Å². The highest BCUT2D eigenvalue weighted by Gasteiger charge is 2.27. The van der Waals surface area contributed by atoms with Gasteiger partial charge in [-0.1, -0.05) is 0 Å². The van der Waals surface area contributed by atoms with Crippen LogP contribution in [0.2, 0.25) is 0 Å². The predicted octanol–water partition coefficient (Wildman–Crippen LogP) is 6.45. The topological polar surface area (TPSA) is 188 Å². The third-order valence-electron chi connectivity index (χ3n) is 7.30. The Labute approximate surface area is 274 Å². The molecule has 1 unspecified atom stereocenters. The number of nitro benzene ring substituents is 2. The van der Waals surface area contributed by atoms with Crippen molar-refractivity contribution in [1.29, 1.82) is 0 Å². The van der Waals surface area contributed by atoms with Crippen molar-refractivity contribution in [3.05, 3.63) is 62.2 Å². The van der Waals surface area contributed by atoms with Gasteiger partial charge in [0, 0.05) is 32.2 Å². The Morgan fingerprint density at radius 2 is 1.57 bits per heavy atom. The first kappa shape index (κ1) is 38.7. The van der Waals surface area contributed by atoms with Crippen LogP contribution in [-0.4, -0.2) is 67.1 Å². The molecule has 260 valence electrons. The van der Waals surface area contributed by atoms with Crippen LogP contribution in [0.3, 0.4) is 0 Å². The molecule has 15 heteroatoms. The molecule has 2 rings (SSSR count). The molecule has 0 aliphatic heterocycles. The van der Waals surface area contributed by atoms with Crippen LogP contribution in [-0.2, 0) is 19.0 Å². The number of hydrogen-bond acceptors (Lipinski definition) is 12. The smallest absolute Gasteiger partial charge is 0.493 e. The van der Waals surface area contributed by atoms with Crippen LogP contribution in [0.5, 0.6) is 17.2 Å². The van der Waals surface area contributed by atoms with Crippen LogP contribution in [0.1, 0.15) is 78.4 Å². The molecule has 0 aliphatic carbocycles. The van der Waals surface area contributed by atoms with Crippen LogP contribution in [0, 0.1) is 20.2 Å². The maximum absolute atomic E-state index is 12.3. The number of ether oxygens (including phenoxy) is 6. The van der Waals surface area contributed by atoms with E-state index in [1.807, 2.05) is 27.7 Å². The number of hydrogen-bond donors (Lipinski definition) is 1. The second-order valence-corrected chi connectivity index (χ2v) is 11.9. The van der Waals surface area contributed by atoms with E-state index in [9.17, 15) is 29.8 Å². The summed E-state index contributed by atoms with van der Waals surface area (Å²) >= 11 is 0. The van der Waals surface area contributed by atoms with Crippen molar-refractivity contribution < 1.29 is 47.9 Å². The normalized spacial score (nSPS) is 12.1. The van der Waals surface area contributed by atoms with Crippen LogP contribution < -0.4 is 19.5 Å². The summed E-state index contributed by atoms with van der Waals surface area (Å²) in [5, 5.41) is 25.5. The number of nitrogens with zero attached hydrogens (tertiary/aromatic N) is 2. The van der Waals surface area contributed by atoms with Gasteiger partial charge in [-0.3, -0.25) is 25.0 Å². The fourth-order valence-electron chi connectivity index (χ4n) is 4.28. The van der Waals surface area contributed by atoms with Gasteiger partial charge in [0.25, 0.3) is 11.4 Å². The highest BCUT2D eigenvalue weighted by atomic mass is 16.7. The van der Waals surface area contributed by atoms with E-state index >= 15 is 0 Å². The second-order valence-electron chi connectivity index (χ2n) is 11.9. The molecular formula is C32H45N3O12. The second kappa shape index (κ2) is 18.0. The summed E-state index contributed by atoms with van der Waals surface area (Å²) in [7, 11) is 3.03. The number of benzene rings is 2.